The van der Waals surface area contributed by atoms with Gasteiger partial charge in [-0.2, -0.15) is 0 Å². The Bertz CT molecular complexity index is 1720. The second-order valence-electron chi connectivity index (χ2n) is 11.6. The Morgan fingerprint density at radius 2 is 1.55 bits per heavy atom. The molecule has 9 nitrogen and oxygen atoms in total. The van der Waals surface area contributed by atoms with Crippen molar-refractivity contribution < 1.29 is 23.8 Å². The van der Waals surface area contributed by atoms with Crippen LogP contribution in [0.1, 0.15) is 29.0 Å². The number of amides is 2. The van der Waals surface area contributed by atoms with Gasteiger partial charge in [-0.1, -0.05) is 91.0 Å². The number of carbonyl (C=O) groups excluding carboxylic acids is 2. The molecule has 2 heterocycles. The molecule has 0 bridgehead atoms. The summed E-state index contributed by atoms with van der Waals surface area (Å²) in [6.07, 6.45) is 2.56. The number of aryl methyl sites for hydroxylation is 1. The number of carbonyl (C=O) groups is 2. The molecule has 242 valence electrons. The van der Waals surface area contributed by atoms with Crippen molar-refractivity contribution in [1.82, 2.24) is 15.6 Å². The standard InChI is InChI=1S/C38H40N4O5/c1-45-38(44)42-36(34(27-12-4-2-5-13-27)28-14-6-3-7-15-28)37(43)41-32-17-9-8-11-26(32)19-20-30-23-39-24-31(47-30)25-46-33-18-10-16-29-21-22-40-35(29)33/h2-18,21-22,30-31,34,36,39-40H,19-20,23-25H2,1H3,(H,41,43)(H,42,44)/t30-,31+,36?/m1/s1. The van der Waals surface area contributed by atoms with E-state index < -0.39 is 18.1 Å². The van der Waals surface area contributed by atoms with Crippen molar-refractivity contribution in [2.75, 3.05) is 32.1 Å². The maximum absolute atomic E-state index is 14.1. The van der Waals surface area contributed by atoms with Crippen molar-refractivity contribution in [2.45, 2.75) is 37.0 Å². The molecule has 0 spiro atoms. The highest BCUT2D eigenvalue weighted by Crippen LogP contribution is 2.30. The van der Waals surface area contributed by atoms with E-state index in [1.54, 1.807) is 0 Å². The van der Waals surface area contributed by atoms with Gasteiger partial charge in [0, 0.05) is 36.3 Å². The zero-order chi connectivity index (χ0) is 32.4. The molecule has 47 heavy (non-hydrogen) atoms. The first-order chi connectivity index (χ1) is 23.1. The predicted octanol–water partition coefficient (Wildman–Crippen LogP) is 6.03. The number of para-hydroxylation sites is 2. The maximum atomic E-state index is 14.1. The van der Waals surface area contributed by atoms with Crippen LogP contribution in [0.2, 0.25) is 0 Å². The first kappa shape index (κ1) is 31.8. The Balaban J connectivity index is 1.13. The molecule has 3 atom stereocenters. The highest BCUT2D eigenvalue weighted by molar-refractivity contribution is 5.98. The van der Waals surface area contributed by atoms with Gasteiger partial charge in [-0.15, -0.1) is 0 Å². The van der Waals surface area contributed by atoms with Crippen LogP contribution in [0.5, 0.6) is 5.75 Å². The van der Waals surface area contributed by atoms with Crippen LogP contribution in [0.4, 0.5) is 10.5 Å². The van der Waals surface area contributed by atoms with Gasteiger partial charge in [-0.05, 0) is 47.7 Å². The van der Waals surface area contributed by atoms with Gasteiger partial charge in [0.1, 0.15) is 24.5 Å². The van der Waals surface area contributed by atoms with Crippen LogP contribution in [-0.2, 0) is 20.7 Å². The number of ether oxygens (including phenoxy) is 3. The molecule has 1 fully saturated rings. The Kier molecular flexibility index (Phi) is 10.5. The van der Waals surface area contributed by atoms with Gasteiger partial charge in [-0.3, -0.25) is 4.79 Å². The lowest BCUT2D eigenvalue weighted by molar-refractivity contribution is -0.118. The molecule has 0 aliphatic carbocycles. The second kappa shape index (κ2) is 15.4. The molecule has 1 saturated heterocycles. The highest BCUT2D eigenvalue weighted by atomic mass is 16.5. The number of H-pyrrole nitrogens is 1. The number of morpholine rings is 1. The molecule has 5 aromatic rings. The van der Waals surface area contributed by atoms with E-state index in [9.17, 15) is 9.59 Å². The smallest absolute Gasteiger partial charge is 0.407 e. The second-order valence-corrected chi connectivity index (χ2v) is 11.6. The summed E-state index contributed by atoms with van der Waals surface area (Å²) >= 11 is 0. The Hall–Kier alpha value is -5.12. The van der Waals surface area contributed by atoms with Crippen LogP contribution in [-0.4, -0.2) is 62.0 Å². The molecule has 1 aromatic heterocycles. The molecule has 1 aliphatic heterocycles. The summed E-state index contributed by atoms with van der Waals surface area (Å²) in [5.74, 6) is 0.0172. The number of nitrogens with one attached hydrogen (secondary N) is 4. The van der Waals surface area contributed by atoms with Crippen molar-refractivity contribution in [3.05, 3.63) is 132 Å². The summed E-state index contributed by atoms with van der Waals surface area (Å²) in [6, 6.07) is 34.2. The number of alkyl carbamates (subject to hydrolysis) is 1. The molecule has 0 radical (unpaired) electrons. The van der Waals surface area contributed by atoms with E-state index in [0.717, 1.165) is 46.3 Å². The molecule has 1 aliphatic rings. The third-order valence-corrected chi connectivity index (χ3v) is 8.51. The monoisotopic (exact) mass is 632 g/mol. The molecule has 4 N–H and O–H groups in total. The fraction of sp³-hybridized carbons (Fsp3) is 0.263. The van der Waals surface area contributed by atoms with Crippen LogP contribution in [0.15, 0.2) is 115 Å². The van der Waals surface area contributed by atoms with Gasteiger partial charge in [0.2, 0.25) is 5.91 Å². The van der Waals surface area contributed by atoms with Crippen molar-refractivity contribution >= 4 is 28.6 Å². The fourth-order valence-corrected chi connectivity index (χ4v) is 6.17. The van der Waals surface area contributed by atoms with Crippen molar-refractivity contribution in [1.29, 1.82) is 0 Å². The topological polar surface area (TPSA) is 114 Å². The van der Waals surface area contributed by atoms with Gasteiger partial charge >= 0.3 is 6.09 Å². The van der Waals surface area contributed by atoms with Crippen molar-refractivity contribution in [3.63, 3.8) is 0 Å². The number of hydrogen-bond acceptors (Lipinski definition) is 6. The van der Waals surface area contributed by atoms with Crippen LogP contribution in [0, 0.1) is 0 Å². The number of anilines is 1. The fourth-order valence-electron chi connectivity index (χ4n) is 6.17. The molecule has 6 rings (SSSR count). The summed E-state index contributed by atoms with van der Waals surface area (Å²) in [4.78, 5) is 29.9. The van der Waals surface area contributed by atoms with E-state index in [-0.39, 0.29) is 18.1 Å². The number of hydrogen-bond donors (Lipinski definition) is 4. The number of aromatic amines is 1. The molecule has 0 saturated carbocycles. The van der Waals surface area contributed by atoms with Gasteiger partial charge in [0.05, 0.1) is 18.7 Å². The molecule has 2 amide bonds. The predicted molar refractivity (Wildman–Crippen MR) is 183 cm³/mol. The lowest BCUT2D eigenvalue weighted by atomic mass is 9.84. The first-order valence-electron chi connectivity index (χ1n) is 16.0. The van der Waals surface area contributed by atoms with E-state index in [4.69, 9.17) is 14.2 Å². The number of aromatic nitrogens is 1. The molecular formula is C38H40N4O5. The number of methoxy groups -OCH3 is 1. The minimum Gasteiger partial charge on any atom is -0.489 e. The Morgan fingerprint density at radius 1 is 0.851 bits per heavy atom. The van der Waals surface area contributed by atoms with Crippen LogP contribution in [0.3, 0.4) is 0 Å². The zero-order valence-electron chi connectivity index (χ0n) is 26.4. The average Bonchev–Trinajstić information content (AvgIpc) is 3.61. The van der Waals surface area contributed by atoms with E-state index in [1.165, 1.54) is 7.11 Å². The van der Waals surface area contributed by atoms with Crippen LogP contribution < -0.4 is 20.7 Å². The van der Waals surface area contributed by atoms with Crippen molar-refractivity contribution in [2.24, 2.45) is 0 Å². The SMILES string of the molecule is COC(=O)NC(C(=O)Nc1ccccc1CC[C@@H]1CNC[C@@H](COc2cccc3cc[nH]c23)O1)C(c1ccccc1)c1ccccc1. The minimum absolute atomic E-state index is 0.0170. The number of fused-ring (bicyclic) bond motifs is 1. The zero-order valence-corrected chi connectivity index (χ0v) is 26.4. The molecule has 9 heteroatoms. The van der Waals surface area contributed by atoms with Gasteiger partial charge in [-0.25, -0.2) is 4.79 Å². The van der Waals surface area contributed by atoms with Gasteiger partial charge < -0.3 is 35.1 Å². The third-order valence-electron chi connectivity index (χ3n) is 8.51. The largest absolute Gasteiger partial charge is 0.489 e. The maximum Gasteiger partial charge on any atom is 0.407 e. The Morgan fingerprint density at radius 3 is 2.30 bits per heavy atom. The normalized spacial score (nSPS) is 16.8. The lowest BCUT2D eigenvalue weighted by Crippen LogP contribution is -2.48. The van der Waals surface area contributed by atoms with Gasteiger partial charge in [0.25, 0.3) is 0 Å². The van der Waals surface area contributed by atoms with E-state index in [0.29, 0.717) is 25.3 Å². The number of benzene rings is 4. The quantitative estimate of drug-likeness (QED) is 0.134. The number of rotatable bonds is 12. The summed E-state index contributed by atoms with van der Waals surface area (Å²) in [5.41, 5.74) is 4.45. The third kappa shape index (κ3) is 8.00. The first-order valence-corrected chi connectivity index (χ1v) is 16.0. The summed E-state index contributed by atoms with van der Waals surface area (Å²) in [6.45, 7) is 1.88. The van der Waals surface area contributed by atoms with E-state index in [2.05, 4.69) is 20.9 Å². The summed E-state index contributed by atoms with van der Waals surface area (Å²) < 4.78 is 17.5. The van der Waals surface area contributed by atoms with Crippen LogP contribution in [0.25, 0.3) is 10.9 Å². The Labute approximate surface area is 274 Å². The average molecular weight is 633 g/mol. The summed E-state index contributed by atoms with van der Waals surface area (Å²) in [5, 5.41) is 10.5. The van der Waals surface area contributed by atoms with E-state index in [1.807, 2.05) is 115 Å². The summed E-state index contributed by atoms with van der Waals surface area (Å²) in [7, 11) is 1.29. The van der Waals surface area contributed by atoms with Gasteiger partial charge in [0.15, 0.2) is 0 Å². The molecular weight excluding hydrogens is 592 g/mol. The molecule has 1 unspecified atom stereocenters. The van der Waals surface area contributed by atoms with Crippen LogP contribution >= 0.6 is 0 Å². The van der Waals surface area contributed by atoms with Crippen molar-refractivity contribution in [3.8, 4) is 5.75 Å². The minimum atomic E-state index is -0.941. The highest BCUT2D eigenvalue weighted by Gasteiger charge is 2.33. The molecule has 4 aromatic carbocycles. The van der Waals surface area contributed by atoms with E-state index >= 15 is 0 Å². The lowest BCUT2D eigenvalue weighted by Gasteiger charge is -2.31.